The topological polar surface area (TPSA) is 88.8 Å². The average molecular weight is 1260 g/mol. The monoisotopic (exact) mass is 1260 g/mol. The van der Waals surface area contributed by atoms with Gasteiger partial charge in [-0.1, -0.05) is 43.0 Å². The molecule has 2 aromatic carbocycles. The Labute approximate surface area is 328 Å². The van der Waals surface area contributed by atoms with Crippen LogP contribution in [0.4, 0.5) is 11.5 Å². The van der Waals surface area contributed by atoms with Crippen molar-refractivity contribution in [2.24, 2.45) is 0 Å². The van der Waals surface area contributed by atoms with Gasteiger partial charge in [-0.3, -0.25) is 4.79 Å². The van der Waals surface area contributed by atoms with Crippen LogP contribution >= 0.6 is 0.297 Å². The normalized spacial score (nSPS) is 18.2. The first-order chi connectivity index (χ1) is 22.9. The fraction of sp³-hybridized carbons (Fsp3) is 0.486. The Hall–Kier alpha value is -1.16. The Morgan fingerprint density at radius 2 is 1.75 bits per heavy atom. The van der Waals surface area contributed by atoms with Gasteiger partial charge < -0.3 is 24.3 Å². The Morgan fingerprint density at radius 3 is 2.38 bits per heavy atom. The number of ether oxygens (including phenoxy) is 1. The van der Waals surface area contributed by atoms with E-state index in [1.54, 1.807) is 12.0 Å². The minimum absolute atomic E-state index is 0.000000000000000111. The van der Waals surface area contributed by atoms with Gasteiger partial charge in [0, 0.05) is 48.9 Å². The number of nitrogens with zero attached hydrogens (tertiary/aromatic N) is 7. The zero-order chi connectivity index (χ0) is 34.8. The molecule has 0 radical (unpaired) electrons. The molecule has 3 aliphatic rings. The third-order valence-corrected chi connectivity index (χ3v) is 8.75. The van der Waals surface area contributed by atoms with Gasteiger partial charge >= 0.3 is 82.3 Å². The fourth-order valence-electron chi connectivity index (χ4n) is 6.42. The molecule has 6 rings (SSSR count). The molecule has 1 atom stereocenters. The number of carbonyl (C=O) groups excluding carboxylic acids is 1. The van der Waals surface area contributed by atoms with Crippen LogP contribution in [-0.2, 0) is 17.8 Å². The van der Waals surface area contributed by atoms with Crippen molar-refractivity contribution in [3.63, 3.8) is 0 Å². The molecule has 2 saturated heterocycles. The number of fused-ring (bicyclic) bond motifs is 2. The van der Waals surface area contributed by atoms with Crippen LogP contribution in [0.3, 0.4) is 0 Å². The second-order valence-electron chi connectivity index (χ2n) is 12.3. The van der Waals surface area contributed by atoms with Crippen LogP contribution in [0.25, 0.3) is 10.8 Å². The predicted molar refractivity (Wildman–Crippen MR) is 185 cm³/mol. The molecule has 3 aromatic rings. The van der Waals surface area contributed by atoms with Gasteiger partial charge in [0.1, 0.15) is 5.82 Å². The molecule has 0 spiro atoms. The fourth-order valence-corrected chi connectivity index (χ4v) is 6.42. The molecule has 0 aliphatic carbocycles. The molecule has 3 aliphatic heterocycles. The molecule has 13 heteroatoms. The van der Waals surface area contributed by atoms with E-state index in [0.29, 0.717) is 32.2 Å². The first-order valence-corrected chi connectivity index (χ1v) is 28.8. The molecule has 48 heavy (non-hydrogen) atoms. The van der Waals surface area contributed by atoms with Crippen LogP contribution in [0.1, 0.15) is 44.4 Å². The number of hydrogen-bond acceptors (Lipinski definition) is 8. The number of benzene rings is 2. The summed E-state index contributed by atoms with van der Waals surface area (Å²) in [6, 6.07) is 17.9. The number of aromatic nitrogens is 2. The van der Waals surface area contributed by atoms with E-state index in [4.69, 9.17) is 14.7 Å². The van der Waals surface area contributed by atoms with Crippen LogP contribution < -0.4 is 14.5 Å². The van der Waals surface area contributed by atoms with Gasteiger partial charge in [0.25, 0.3) is 0 Å². The molecule has 1 unspecified atom stereocenters. The van der Waals surface area contributed by atoms with E-state index in [2.05, 4.69) is 89.9 Å². The summed E-state index contributed by atoms with van der Waals surface area (Å²) in [5.74, 6) is 0.705. The van der Waals surface area contributed by atoms with Crippen molar-refractivity contribution in [3.8, 4) is 12.1 Å². The van der Waals surface area contributed by atoms with Crippen molar-refractivity contribution in [1.82, 2.24) is 19.8 Å². The van der Waals surface area contributed by atoms with Crippen molar-refractivity contribution in [1.29, 1.82) is 5.26 Å². The van der Waals surface area contributed by atoms with E-state index in [0.717, 1.165) is 36.1 Å². The number of hydrogen-bond donors (Lipinski definition) is 0. The summed E-state index contributed by atoms with van der Waals surface area (Å²) in [6.45, 7) is 14.0. The molecule has 0 bridgehead atoms. The Morgan fingerprint density at radius 1 is 1.06 bits per heavy atom. The quantitative estimate of drug-likeness (QED) is 0.295. The number of amides is 1. The molecule has 9 nitrogen and oxygen atoms in total. The van der Waals surface area contributed by atoms with Crippen LogP contribution in [0.2, 0.25) is 0 Å². The van der Waals surface area contributed by atoms with E-state index in [1.807, 2.05) is 69.8 Å². The third-order valence-electron chi connectivity index (χ3n) is 8.75. The number of methoxy groups -OCH3 is 1. The molecule has 1 aromatic heterocycles. The molecule has 260 valence electrons. The van der Waals surface area contributed by atoms with Gasteiger partial charge in [-0.15, -0.1) is 0 Å². The van der Waals surface area contributed by atoms with Crippen molar-refractivity contribution in [3.05, 3.63) is 66.4 Å². The SMILES string of the molecule is C=CC(=O)N1CCN(c2nc(OC)nc3c2CCN(c2cccc4ccccc24)C3)CC1CC#N.CC(C)N1CCCC1.CS([At])([At])[At]. The number of likely N-dealkylation sites (tertiary alicyclic amines) is 1. The van der Waals surface area contributed by atoms with E-state index in [1.165, 1.54) is 48.5 Å². The van der Waals surface area contributed by atoms with Crippen molar-refractivity contribution >= 4 is 28.5 Å². The van der Waals surface area contributed by atoms with Gasteiger partial charge in [0.15, 0.2) is 0 Å². The molecule has 0 N–H and O–H groups in total. The van der Waals surface area contributed by atoms with Crippen LogP contribution in [0, 0.1) is 81.1 Å². The maximum atomic E-state index is 12.3. The predicted octanol–water partition coefficient (Wildman–Crippen LogP) is 5.62. The number of carbonyl (C=O) groups is 1. The summed E-state index contributed by atoms with van der Waals surface area (Å²) in [7, 11) is 1.58. The molecule has 1 amide bonds. The summed E-state index contributed by atoms with van der Waals surface area (Å²) in [5.41, 5.74) is 3.26. The Bertz CT molecular complexity index is 1580. The zero-order valence-corrected chi connectivity index (χ0v) is 37.9. The van der Waals surface area contributed by atoms with Crippen LogP contribution in [0.5, 0.6) is 6.01 Å². The number of piperazine rings is 1. The summed E-state index contributed by atoms with van der Waals surface area (Å²) in [4.78, 5) is 30.6. The van der Waals surface area contributed by atoms with Gasteiger partial charge in [-0.25, -0.2) is 0 Å². The van der Waals surface area contributed by atoms with E-state index < -0.39 is 0 Å². The van der Waals surface area contributed by atoms with E-state index >= 15 is 0 Å². The number of nitriles is 1. The molecule has 2 fully saturated rings. The maximum absolute atomic E-state index is 12.3. The number of rotatable bonds is 6. The average Bonchev–Trinajstić information content (AvgIpc) is 3.63. The zero-order valence-electron chi connectivity index (χ0n) is 28.2. The molecular formula is C35H46At3N7O2S. The van der Waals surface area contributed by atoms with Crippen molar-refractivity contribution in [2.75, 3.05) is 62.4 Å². The second kappa shape index (κ2) is 18.9. The van der Waals surface area contributed by atoms with Gasteiger partial charge in [0.2, 0.25) is 5.91 Å². The van der Waals surface area contributed by atoms with Crippen LogP contribution in [-0.4, -0.2) is 90.4 Å². The van der Waals surface area contributed by atoms with E-state index in [9.17, 15) is 10.1 Å². The number of anilines is 2. The molecule has 0 saturated carbocycles. The third kappa shape index (κ3) is 11.2. The summed E-state index contributed by atoms with van der Waals surface area (Å²) in [5, 5.41) is 11.8. The summed E-state index contributed by atoms with van der Waals surface area (Å²) < 4.78 is 5.48. The van der Waals surface area contributed by atoms with Gasteiger partial charge in [-0.2, -0.15) is 15.2 Å². The second-order valence-corrected chi connectivity index (χ2v) is 64.3. The van der Waals surface area contributed by atoms with E-state index in [-0.39, 0.29) is 18.7 Å². The summed E-state index contributed by atoms with van der Waals surface area (Å²) >= 11 is 5.91. The van der Waals surface area contributed by atoms with Crippen molar-refractivity contribution < 1.29 is 79.3 Å². The summed E-state index contributed by atoms with van der Waals surface area (Å²) in [6.07, 6.45) is 7.55. The minimum atomic E-state index is -0.216. The van der Waals surface area contributed by atoms with Crippen LogP contribution in [0.15, 0.2) is 55.1 Å². The Kier molecular flexibility index (Phi) is 15.6. The van der Waals surface area contributed by atoms with Gasteiger partial charge in [0.05, 0.1) is 37.9 Å². The molecule has 4 heterocycles. The standard InChI is InChI=1S/C27H28N6O2.C7H15N.CH3At3S/c1-3-25(34)33-16-15-32(17-20(33)11-13-28)26-22-12-14-31(18-23(22)29-27(30-26)35-2)24-10-6-8-19-7-4-5-9-21(19)24;1-7(2)8-5-3-4-6-8;1-5(2,3)4/h3-10,20H,1,11-12,14-18H2,2H3;7H,3-6H2,1-2H3;1H3. The van der Waals surface area contributed by atoms with Crippen molar-refractivity contribution in [2.45, 2.75) is 58.2 Å². The Balaban J connectivity index is 0.000000336. The first-order valence-electron chi connectivity index (χ1n) is 16.3. The molecular weight excluding hydrogens is 1210 g/mol. The van der Waals surface area contributed by atoms with Gasteiger partial charge in [-0.05, 0) is 63.7 Å². The first kappa shape index (κ1) is 39.6.